The highest BCUT2D eigenvalue weighted by Gasteiger charge is 2.20. The summed E-state index contributed by atoms with van der Waals surface area (Å²) in [6.45, 7) is 14.6. The third-order valence-electron chi connectivity index (χ3n) is 9.98. The van der Waals surface area contributed by atoms with Gasteiger partial charge in [-0.2, -0.15) is 5.11 Å². The number of nitro benzene ring substituents is 1. The van der Waals surface area contributed by atoms with Crippen LogP contribution in [0.25, 0.3) is 0 Å². The van der Waals surface area contributed by atoms with E-state index in [1.807, 2.05) is 51.1 Å². The zero-order chi connectivity index (χ0) is 46.9. The number of nitro groups is 1. The van der Waals surface area contributed by atoms with E-state index < -0.39 is 10.9 Å². The number of non-ortho nitro benzene ring substituents is 1. The summed E-state index contributed by atoms with van der Waals surface area (Å²) in [6.07, 6.45) is 1.72. The Labute approximate surface area is 386 Å². The third kappa shape index (κ3) is 16.4. The molecule has 0 aromatic heterocycles. The van der Waals surface area contributed by atoms with Crippen molar-refractivity contribution in [2.75, 3.05) is 129 Å². The van der Waals surface area contributed by atoms with Crippen molar-refractivity contribution < 1.29 is 52.3 Å². The van der Waals surface area contributed by atoms with Gasteiger partial charge >= 0.3 is 5.97 Å². The number of fused-ring (bicyclic) bond motifs is 2. The third-order valence-corrected chi connectivity index (χ3v) is 9.98. The van der Waals surface area contributed by atoms with Gasteiger partial charge in [0.05, 0.1) is 100 Å². The lowest BCUT2D eigenvalue weighted by atomic mass is 10.1. The topological polar surface area (TPSA) is 187 Å². The Kier molecular flexibility index (Phi) is 21.5. The molecule has 18 nitrogen and oxygen atoms in total. The fourth-order valence-electron chi connectivity index (χ4n) is 6.67. The van der Waals surface area contributed by atoms with Crippen LogP contribution < -0.4 is 24.0 Å². The first-order valence-electron chi connectivity index (χ1n) is 22.1. The van der Waals surface area contributed by atoms with Gasteiger partial charge in [0.15, 0.2) is 0 Å². The van der Waals surface area contributed by atoms with Crippen LogP contribution in [0.3, 0.4) is 0 Å². The number of ether oxygens (including phenoxy) is 9. The average Bonchev–Trinajstić information content (AvgIpc) is 3.31. The van der Waals surface area contributed by atoms with Gasteiger partial charge in [0.2, 0.25) is 0 Å². The minimum absolute atomic E-state index is 0.0784. The van der Waals surface area contributed by atoms with Gasteiger partial charge in [-0.1, -0.05) is 12.1 Å². The first-order chi connectivity index (χ1) is 32.2. The van der Waals surface area contributed by atoms with Crippen molar-refractivity contribution in [2.45, 2.75) is 27.7 Å². The number of carbonyl (C=O) groups excluding carboxylic acids is 1. The molecule has 0 radical (unpaired) electrons. The molecule has 4 aromatic carbocycles. The van der Waals surface area contributed by atoms with Crippen LogP contribution >= 0.6 is 0 Å². The van der Waals surface area contributed by atoms with Crippen LogP contribution in [0.5, 0.6) is 17.2 Å². The SMILES string of the molecule is CCOCCOCCN1CCOCCOC/C=N/c2ccc(C)cc2OCCN(c2ccc(/N=N/c3ccc([N+](=O)[O-])cc3C(=O)OCC)cc2OCCOC)CCOc2cc(C)ccc21. The maximum Gasteiger partial charge on any atom is 0.340 e. The maximum absolute atomic E-state index is 12.8. The van der Waals surface area contributed by atoms with Crippen molar-refractivity contribution in [3.05, 3.63) is 99.6 Å². The fourth-order valence-corrected chi connectivity index (χ4v) is 6.67. The van der Waals surface area contributed by atoms with Gasteiger partial charge in [0.1, 0.15) is 48.4 Å². The second kappa shape index (κ2) is 28.0. The minimum Gasteiger partial charge on any atom is -0.490 e. The second-order valence-electron chi connectivity index (χ2n) is 14.8. The molecule has 0 amide bonds. The van der Waals surface area contributed by atoms with E-state index in [0.29, 0.717) is 115 Å². The molecule has 66 heavy (non-hydrogen) atoms. The number of azo groups is 1. The molecule has 0 spiro atoms. The van der Waals surface area contributed by atoms with E-state index in [4.69, 9.17) is 42.6 Å². The van der Waals surface area contributed by atoms with Crippen molar-refractivity contribution in [2.24, 2.45) is 15.2 Å². The van der Waals surface area contributed by atoms with Gasteiger partial charge < -0.3 is 52.4 Å². The Hall–Kier alpha value is -6.18. The Morgan fingerprint density at radius 3 is 2.27 bits per heavy atom. The van der Waals surface area contributed by atoms with Crippen LogP contribution in [0, 0.1) is 24.0 Å². The van der Waals surface area contributed by atoms with Gasteiger partial charge in [-0.15, -0.1) is 5.11 Å². The van der Waals surface area contributed by atoms with Crippen LogP contribution in [0.1, 0.15) is 35.3 Å². The molecule has 1 heterocycles. The first kappa shape index (κ1) is 50.8. The maximum atomic E-state index is 12.8. The number of methoxy groups -OCH3 is 1. The standard InChI is InChI=1S/C48H62N6O12/c1-6-59-27-28-61-22-17-52-18-23-62-30-29-60-21-16-49-42-12-8-36(3)32-45(42)64-24-19-53(20-25-65-46-33-37(4)9-14-43(46)52)44-15-10-38(34-47(44)66-31-26-58-5)50-51-41-13-11-39(54(56)57)35-40(41)48(55)63-7-2/h8-16,32-35H,6-7,17-31H2,1-5H3/b49-16+,51-50+. The number of esters is 1. The molecule has 356 valence electrons. The van der Waals surface area contributed by atoms with E-state index in [0.717, 1.165) is 34.3 Å². The predicted molar refractivity (Wildman–Crippen MR) is 252 cm³/mol. The van der Waals surface area contributed by atoms with E-state index in [-0.39, 0.29) is 36.8 Å². The van der Waals surface area contributed by atoms with Gasteiger partial charge in [-0.25, -0.2) is 4.79 Å². The number of carbonyl (C=O) groups is 1. The number of anilines is 2. The van der Waals surface area contributed by atoms with Crippen LogP contribution in [0.4, 0.5) is 34.1 Å². The second-order valence-corrected chi connectivity index (χ2v) is 14.8. The van der Waals surface area contributed by atoms with Gasteiger partial charge in [0, 0.05) is 51.2 Å². The molecule has 0 unspecified atom stereocenters. The number of aryl methyl sites for hydroxylation is 2. The normalized spacial score (nSPS) is 14.9. The Morgan fingerprint density at radius 1 is 0.758 bits per heavy atom. The summed E-state index contributed by atoms with van der Waals surface area (Å²) in [4.78, 5) is 32.7. The number of nitrogens with zero attached hydrogens (tertiary/aromatic N) is 6. The van der Waals surface area contributed by atoms with E-state index in [1.54, 1.807) is 32.4 Å². The summed E-state index contributed by atoms with van der Waals surface area (Å²) in [7, 11) is 1.59. The Morgan fingerprint density at radius 2 is 1.50 bits per heavy atom. The number of rotatable bonds is 17. The van der Waals surface area contributed by atoms with E-state index in [9.17, 15) is 14.9 Å². The fraction of sp³-hybridized carbons (Fsp3) is 0.458. The number of aliphatic imine (C=N–C) groups is 1. The monoisotopic (exact) mass is 914 g/mol. The van der Waals surface area contributed by atoms with Crippen LogP contribution in [0.15, 0.2) is 88.0 Å². The van der Waals surface area contributed by atoms with Gasteiger partial charge in [-0.3, -0.25) is 15.1 Å². The molecule has 0 aliphatic carbocycles. The highest BCUT2D eigenvalue weighted by Crippen LogP contribution is 2.36. The van der Waals surface area contributed by atoms with Crippen LogP contribution in [0.2, 0.25) is 0 Å². The molecule has 0 fully saturated rings. The lowest BCUT2D eigenvalue weighted by molar-refractivity contribution is -0.384. The lowest BCUT2D eigenvalue weighted by Gasteiger charge is -2.29. The van der Waals surface area contributed by atoms with E-state index in [1.165, 1.54) is 12.1 Å². The van der Waals surface area contributed by atoms with Crippen LogP contribution in [-0.2, 0) is 28.4 Å². The molecule has 1 aliphatic heterocycles. The Bertz CT molecular complexity index is 2210. The number of hydrogen-bond donors (Lipinski definition) is 0. The highest BCUT2D eigenvalue weighted by molar-refractivity contribution is 5.95. The lowest BCUT2D eigenvalue weighted by Crippen LogP contribution is -2.34. The molecule has 4 aromatic rings. The average molecular weight is 915 g/mol. The van der Waals surface area contributed by atoms with Crippen molar-refractivity contribution in [3.8, 4) is 17.2 Å². The summed E-state index contributed by atoms with van der Waals surface area (Å²) in [5.74, 6) is 1.08. The molecule has 0 bridgehead atoms. The molecule has 18 heteroatoms. The molecule has 5 rings (SSSR count). The predicted octanol–water partition coefficient (Wildman–Crippen LogP) is 8.40. The molecular weight excluding hydrogens is 853 g/mol. The summed E-state index contributed by atoms with van der Waals surface area (Å²) < 4.78 is 53.1. The van der Waals surface area contributed by atoms with Gasteiger partial charge in [-0.05, 0) is 81.3 Å². The largest absolute Gasteiger partial charge is 0.490 e. The van der Waals surface area contributed by atoms with E-state index >= 15 is 0 Å². The van der Waals surface area contributed by atoms with Crippen molar-refractivity contribution >= 4 is 46.3 Å². The Balaban J connectivity index is 1.48. The molecule has 0 N–H and O–H groups in total. The number of benzene rings is 4. The molecular formula is C48H62N6O12. The molecule has 0 saturated heterocycles. The minimum atomic E-state index is -0.751. The van der Waals surface area contributed by atoms with Gasteiger partial charge in [0.25, 0.3) is 5.69 Å². The van der Waals surface area contributed by atoms with Crippen molar-refractivity contribution in [3.63, 3.8) is 0 Å². The summed E-state index contributed by atoms with van der Waals surface area (Å²) in [5.41, 5.74) is 4.53. The molecule has 0 saturated carbocycles. The molecule has 1 aliphatic rings. The first-order valence-corrected chi connectivity index (χ1v) is 22.1. The highest BCUT2D eigenvalue weighted by atomic mass is 16.6. The molecule has 0 atom stereocenters. The van der Waals surface area contributed by atoms with E-state index in [2.05, 4.69) is 37.2 Å². The summed E-state index contributed by atoms with van der Waals surface area (Å²) >= 11 is 0. The summed E-state index contributed by atoms with van der Waals surface area (Å²) in [5, 5.41) is 20.2. The quantitative estimate of drug-likeness (QED) is 0.0323. The smallest absolute Gasteiger partial charge is 0.340 e. The van der Waals surface area contributed by atoms with Crippen molar-refractivity contribution in [1.82, 2.24) is 0 Å². The summed E-state index contributed by atoms with van der Waals surface area (Å²) in [6, 6.07) is 21.1. The number of hydrogen-bond acceptors (Lipinski definition) is 17. The zero-order valence-electron chi connectivity index (χ0n) is 38.6. The zero-order valence-corrected chi connectivity index (χ0v) is 38.6. The van der Waals surface area contributed by atoms with Crippen molar-refractivity contribution in [1.29, 1.82) is 0 Å². The van der Waals surface area contributed by atoms with Crippen LogP contribution in [-0.4, -0.2) is 136 Å².